The predicted molar refractivity (Wildman–Crippen MR) is 117 cm³/mol. The molecule has 0 bridgehead atoms. The number of rotatable bonds is 5. The highest BCUT2D eigenvalue weighted by Gasteiger charge is 2.30. The lowest BCUT2D eigenvalue weighted by Crippen LogP contribution is -2.44. The summed E-state index contributed by atoms with van der Waals surface area (Å²) in [5.74, 6) is -0.539. The van der Waals surface area contributed by atoms with Crippen molar-refractivity contribution in [2.24, 2.45) is 0 Å². The molecule has 0 saturated carbocycles. The maximum Gasteiger partial charge on any atom is 0.241 e. The first-order valence-corrected chi connectivity index (χ1v) is 10.6. The Hall–Kier alpha value is -3.03. The number of amides is 2. The summed E-state index contributed by atoms with van der Waals surface area (Å²) in [6, 6.07) is 17.0. The predicted octanol–water partition coefficient (Wildman–Crippen LogP) is 4.33. The maximum absolute atomic E-state index is 13.4. The van der Waals surface area contributed by atoms with Gasteiger partial charge in [-0.1, -0.05) is 30.3 Å². The molecule has 2 heterocycles. The molecule has 2 unspecified atom stereocenters. The van der Waals surface area contributed by atoms with Crippen molar-refractivity contribution in [1.82, 2.24) is 5.32 Å². The van der Waals surface area contributed by atoms with Crippen molar-refractivity contribution in [3.05, 3.63) is 82.3 Å². The van der Waals surface area contributed by atoms with E-state index < -0.39 is 0 Å². The minimum absolute atomic E-state index is 0.0762. The molecule has 7 heteroatoms. The first kappa shape index (κ1) is 20.3. The molecule has 2 aromatic carbocycles. The van der Waals surface area contributed by atoms with E-state index in [1.54, 1.807) is 34.4 Å². The number of hydrogen-bond donors (Lipinski definition) is 2. The van der Waals surface area contributed by atoms with Crippen LogP contribution in [-0.4, -0.2) is 24.4 Å². The zero-order chi connectivity index (χ0) is 21.1. The Morgan fingerprint density at radius 2 is 1.97 bits per heavy atom. The molecule has 2 amide bonds. The summed E-state index contributed by atoms with van der Waals surface area (Å²) >= 11 is 1.57. The van der Waals surface area contributed by atoms with Crippen molar-refractivity contribution < 1.29 is 14.0 Å². The largest absolute Gasteiger partial charge is 0.324 e. The molecule has 3 aromatic rings. The normalized spacial score (nSPS) is 17.1. The van der Waals surface area contributed by atoms with Crippen molar-refractivity contribution >= 4 is 34.5 Å². The van der Waals surface area contributed by atoms with Crippen LogP contribution in [0.5, 0.6) is 0 Å². The number of halogens is 1. The number of nitrogens with zero attached hydrogens (tertiary/aromatic N) is 1. The Labute approximate surface area is 178 Å². The first-order chi connectivity index (χ1) is 14.5. The minimum Gasteiger partial charge on any atom is -0.324 e. The molecule has 5 nitrogen and oxygen atoms in total. The van der Waals surface area contributed by atoms with Crippen LogP contribution in [0.1, 0.15) is 29.8 Å². The summed E-state index contributed by atoms with van der Waals surface area (Å²) in [6.07, 6.45) is 0.229. The highest BCUT2D eigenvalue weighted by Crippen LogP contribution is 2.32. The van der Waals surface area contributed by atoms with Crippen molar-refractivity contribution in [1.29, 1.82) is 0 Å². The zero-order valence-electron chi connectivity index (χ0n) is 16.5. The van der Waals surface area contributed by atoms with Crippen LogP contribution in [0, 0.1) is 5.82 Å². The van der Waals surface area contributed by atoms with E-state index in [1.165, 1.54) is 12.1 Å². The number of fused-ring (bicyclic) bond motifs is 1. The molecule has 0 spiro atoms. The van der Waals surface area contributed by atoms with Gasteiger partial charge in [-0.05, 0) is 48.2 Å². The van der Waals surface area contributed by atoms with Crippen molar-refractivity contribution in [2.45, 2.75) is 25.4 Å². The molecule has 0 fully saturated rings. The Morgan fingerprint density at radius 3 is 2.70 bits per heavy atom. The monoisotopic (exact) mass is 423 g/mol. The molecular weight excluding hydrogens is 401 g/mol. The van der Waals surface area contributed by atoms with Gasteiger partial charge in [0.1, 0.15) is 5.82 Å². The van der Waals surface area contributed by atoms with E-state index >= 15 is 0 Å². The van der Waals surface area contributed by atoms with Crippen LogP contribution >= 0.6 is 11.3 Å². The molecule has 1 aliphatic rings. The molecule has 4 rings (SSSR count). The van der Waals surface area contributed by atoms with Gasteiger partial charge in [-0.25, -0.2) is 4.39 Å². The number of para-hydroxylation sites is 2. The van der Waals surface area contributed by atoms with Gasteiger partial charge < -0.3 is 10.2 Å². The number of carbonyl (C=O) groups is 2. The fourth-order valence-corrected chi connectivity index (χ4v) is 4.56. The van der Waals surface area contributed by atoms with E-state index in [0.29, 0.717) is 11.4 Å². The van der Waals surface area contributed by atoms with E-state index in [4.69, 9.17) is 0 Å². The van der Waals surface area contributed by atoms with Crippen molar-refractivity contribution in [3.63, 3.8) is 0 Å². The SMILES string of the molecule is CC1CC(=O)Nc2ccccc2N1C(=O)CNC(c1ccc(F)cc1)c1cccs1. The number of thiophene rings is 1. The molecule has 0 radical (unpaired) electrons. The molecule has 2 N–H and O–H groups in total. The van der Waals surface area contributed by atoms with E-state index in [-0.39, 0.29) is 42.7 Å². The van der Waals surface area contributed by atoms with Gasteiger partial charge in [0.2, 0.25) is 11.8 Å². The number of anilines is 2. The molecule has 1 aliphatic heterocycles. The van der Waals surface area contributed by atoms with Crippen LogP contribution in [0.4, 0.5) is 15.8 Å². The van der Waals surface area contributed by atoms with E-state index in [1.807, 2.05) is 42.6 Å². The Balaban J connectivity index is 1.57. The van der Waals surface area contributed by atoms with Crippen LogP contribution in [0.25, 0.3) is 0 Å². The molecule has 154 valence electrons. The molecule has 0 saturated heterocycles. The summed E-state index contributed by atoms with van der Waals surface area (Å²) in [6.45, 7) is 1.95. The third-order valence-corrected chi connectivity index (χ3v) is 6.05. The Morgan fingerprint density at radius 1 is 1.20 bits per heavy atom. The topological polar surface area (TPSA) is 61.4 Å². The first-order valence-electron chi connectivity index (χ1n) is 9.76. The Kier molecular flexibility index (Phi) is 5.92. The third-order valence-electron chi connectivity index (χ3n) is 5.12. The highest BCUT2D eigenvalue weighted by atomic mass is 32.1. The van der Waals surface area contributed by atoms with Gasteiger partial charge in [-0.3, -0.25) is 14.9 Å². The summed E-state index contributed by atoms with van der Waals surface area (Å²) in [7, 11) is 0. The number of hydrogen-bond acceptors (Lipinski definition) is 4. The highest BCUT2D eigenvalue weighted by molar-refractivity contribution is 7.10. The lowest BCUT2D eigenvalue weighted by Gasteiger charge is -2.29. The fraction of sp³-hybridized carbons (Fsp3) is 0.217. The van der Waals surface area contributed by atoms with Gasteiger partial charge in [0.15, 0.2) is 0 Å². The summed E-state index contributed by atoms with van der Waals surface area (Å²) in [5, 5.41) is 8.17. The summed E-state index contributed by atoms with van der Waals surface area (Å²) < 4.78 is 13.4. The second kappa shape index (κ2) is 8.77. The van der Waals surface area contributed by atoms with Crippen LogP contribution in [-0.2, 0) is 9.59 Å². The second-order valence-corrected chi connectivity index (χ2v) is 8.24. The maximum atomic E-state index is 13.4. The van der Waals surface area contributed by atoms with Gasteiger partial charge in [-0.15, -0.1) is 11.3 Å². The smallest absolute Gasteiger partial charge is 0.241 e. The lowest BCUT2D eigenvalue weighted by molar-refractivity contribution is -0.118. The van der Waals surface area contributed by atoms with E-state index in [2.05, 4.69) is 10.6 Å². The number of carbonyl (C=O) groups excluding carboxylic acids is 2. The van der Waals surface area contributed by atoms with Gasteiger partial charge in [0, 0.05) is 17.3 Å². The zero-order valence-corrected chi connectivity index (χ0v) is 17.3. The lowest BCUT2D eigenvalue weighted by atomic mass is 10.1. The molecule has 2 atom stereocenters. The molecule has 0 aliphatic carbocycles. The average Bonchev–Trinajstić information content (AvgIpc) is 3.21. The van der Waals surface area contributed by atoms with Gasteiger partial charge >= 0.3 is 0 Å². The number of benzene rings is 2. The van der Waals surface area contributed by atoms with Crippen molar-refractivity contribution in [3.8, 4) is 0 Å². The summed E-state index contributed by atoms with van der Waals surface area (Å²) in [4.78, 5) is 28.1. The third kappa shape index (κ3) is 4.27. The standard InChI is InChI=1S/C23H22FN3O2S/c1-15-13-21(28)26-18-5-2-3-6-19(18)27(15)22(29)14-25-23(20-7-4-12-30-20)16-8-10-17(24)11-9-16/h2-12,15,23,25H,13-14H2,1H3,(H,26,28). The minimum atomic E-state index is -0.299. The number of nitrogens with one attached hydrogen (secondary N) is 2. The van der Waals surface area contributed by atoms with Gasteiger partial charge in [0.05, 0.1) is 24.0 Å². The second-order valence-electron chi connectivity index (χ2n) is 7.26. The molecular formula is C23H22FN3O2S. The molecule has 30 heavy (non-hydrogen) atoms. The molecule has 1 aromatic heterocycles. The summed E-state index contributed by atoms with van der Waals surface area (Å²) in [5.41, 5.74) is 2.21. The van der Waals surface area contributed by atoms with Crippen LogP contribution in [0.15, 0.2) is 66.0 Å². The van der Waals surface area contributed by atoms with Crippen LogP contribution in [0.2, 0.25) is 0 Å². The quantitative estimate of drug-likeness (QED) is 0.642. The van der Waals surface area contributed by atoms with E-state index in [9.17, 15) is 14.0 Å². The average molecular weight is 424 g/mol. The van der Waals surface area contributed by atoms with Crippen LogP contribution < -0.4 is 15.5 Å². The van der Waals surface area contributed by atoms with Gasteiger partial charge in [0.25, 0.3) is 0 Å². The van der Waals surface area contributed by atoms with Crippen LogP contribution in [0.3, 0.4) is 0 Å². The fourth-order valence-electron chi connectivity index (χ4n) is 3.74. The van der Waals surface area contributed by atoms with E-state index in [0.717, 1.165) is 10.4 Å². The van der Waals surface area contributed by atoms with Crippen molar-refractivity contribution in [2.75, 3.05) is 16.8 Å². The van der Waals surface area contributed by atoms with Gasteiger partial charge in [-0.2, -0.15) is 0 Å². The Bertz CT molecular complexity index is 1040.